The third-order valence-corrected chi connectivity index (χ3v) is 13.3. The van der Waals surface area contributed by atoms with Gasteiger partial charge in [0.05, 0.1) is 11.7 Å². The van der Waals surface area contributed by atoms with E-state index in [9.17, 15) is 19.5 Å². The van der Waals surface area contributed by atoms with Crippen LogP contribution < -0.4 is 0 Å². The summed E-state index contributed by atoms with van der Waals surface area (Å²) in [6.07, 6.45) is 9.43. The summed E-state index contributed by atoms with van der Waals surface area (Å²) < 4.78 is 0. The van der Waals surface area contributed by atoms with Crippen LogP contribution in [0.25, 0.3) is 0 Å². The molecule has 0 saturated heterocycles. The van der Waals surface area contributed by atoms with Crippen LogP contribution in [-0.4, -0.2) is 28.6 Å². The molecule has 5 aliphatic rings. The Morgan fingerprint density at radius 1 is 1.03 bits per heavy atom. The fraction of sp³-hybridized carbons (Fsp3) is 0.853. The first kappa shape index (κ1) is 28.2. The largest absolute Gasteiger partial charge is 0.393 e. The van der Waals surface area contributed by atoms with Crippen LogP contribution in [-0.2, 0) is 14.4 Å². The number of aliphatic hydroxyl groups is 1. The summed E-state index contributed by atoms with van der Waals surface area (Å²) in [5.41, 5.74) is 0.243. The van der Waals surface area contributed by atoms with Gasteiger partial charge < -0.3 is 5.11 Å². The Morgan fingerprint density at radius 3 is 2.34 bits per heavy atom. The van der Waals surface area contributed by atoms with Gasteiger partial charge in [-0.15, -0.1) is 0 Å². The highest BCUT2D eigenvalue weighted by atomic mass is 16.3. The van der Waals surface area contributed by atoms with Gasteiger partial charge in [-0.1, -0.05) is 53.0 Å². The molecule has 38 heavy (non-hydrogen) atoms. The number of carbonyl (C=O) groups is 3. The number of hydrogen-bond donors (Lipinski definition) is 1. The van der Waals surface area contributed by atoms with Gasteiger partial charge in [-0.3, -0.25) is 14.4 Å². The quantitative estimate of drug-likeness (QED) is 0.404. The van der Waals surface area contributed by atoms with Crippen molar-refractivity contribution in [1.29, 1.82) is 0 Å². The number of rotatable bonds is 3. The molecule has 212 valence electrons. The van der Waals surface area contributed by atoms with Crippen molar-refractivity contribution in [2.24, 2.45) is 63.6 Å². The second-order valence-corrected chi connectivity index (χ2v) is 15.5. The molecule has 12 unspecified atom stereocenters. The lowest BCUT2D eigenvalue weighted by molar-refractivity contribution is -0.190. The standard InChI is InChI=1S/C34H52O4/c1-18-12-13-25(24-11-9-10-23(14-24)21(4)35)26-16-32(6)17-33(7)15-19(2)27(22(5)36)31(38)34(33,8)20(3)29(32)30(37)28(18)26/h18,20-21,23-26,28-29,35H,9-17H2,1-8H3. The number of allylic oxidation sites excluding steroid dienone is 2. The maximum Gasteiger partial charge on any atom is 0.173 e. The van der Waals surface area contributed by atoms with Gasteiger partial charge >= 0.3 is 0 Å². The van der Waals surface area contributed by atoms with Crippen LogP contribution >= 0.6 is 0 Å². The van der Waals surface area contributed by atoms with Crippen molar-refractivity contribution < 1.29 is 19.5 Å². The lowest BCUT2D eigenvalue weighted by atomic mass is 9.35. The minimum Gasteiger partial charge on any atom is -0.393 e. The summed E-state index contributed by atoms with van der Waals surface area (Å²) in [6.45, 7) is 16.6. The number of fused-ring (bicyclic) bond motifs is 3. The molecular formula is C34H52O4. The number of carbonyl (C=O) groups excluding carboxylic acids is 3. The summed E-state index contributed by atoms with van der Waals surface area (Å²) in [4.78, 5) is 41.4. The minimum absolute atomic E-state index is 0.0123. The fourth-order valence-corrected chi connectivity index (χ4v) is 11.5. The van der Waals surface area contributed by atoms with Crippen molar-refractivity contribution in [2.45, 2.75) is 119 Å². The fourth-order valence-electron chi connectivity index (χ4n) is 11.5. The Morgan fingerprint density at radius 2 is 1.71 bits per heavy atom. The molecule has 4 heteroatoms. The van der Waals surface area contributed by atoms with E-state index in [0.29, 0.717) is 40.9 Å². The Balaban J connectivity index is 1.53. The molecular weight excluding hydrogens is 472 g/mol. The number of aliphatic hydroxyl groups excluding tert-OH is 1. The predicted molar refractivity (Wildman–Crippen MR) is 150 cm³/mol. The van der Waals surface area contributed by atoms with Crippen molar-refractivity contribution >= 4 is 17.3 Å². The highest BCUT2D eigenvalue weighted by Gasteiger charge is 2.69. The van der Waals surface area contributed by atoms with E-state index >= 15 is 0 Å². The van der Waals surface area contributed by atoms with Crippen molar-refractivity contribution in [3.05, 3.63) is 11.1 Å². The number of ketones is 3. The molecule has 4 nitrogen and oxygen atoms in total. The summed E-state index contributed by atoms with van der Waals surface area (Å²) in [5.74, 6) is 2.50. The third kappa shape index (κ3) is 3.89. The number of Topliss-reactive ketones (excluding diaryl/α,β-unsaturated/α-hetero) is 3. The Bertz CT molecular complexity index is 1050. The zero-order chi connectivity index (χ0) is 27.9. The molecule has 0 amide bonds. The van der Waals surface area contributed by atoms with E-state index in [0.717, 1.165) is 44.1 Å². The highest BCUT2D eigenvalue weighted by Crippen LogP contribution is 2.71. The van der Waals surface area contributed by atoms with Crippen LogP contribution in [0, 0.1) is 63.6 Å². The average Bonchev–Trinajstić information content (AvgIpc) is 2.81. The lowest BCUT2D eigenvalue weighted by Gasteiger charge is -2.67. The van der Waals surface area contributed by atoms with Crippen molar-refractivity contribution in [3.8, 4) is 0 Å². The van der Waals surface area contributed by atoms with Gasteiger partial charge in [0.2, 0.25) is 0 Å². The molecule has 1 N–H and O–H groups in total. The summed E-state index contributed by atoms with van der Waals surface area (Å²) >= 11 is 0. The van der Waals surface area contributed by atoms with Gasteiger partial charge in [0.15, 0.2) is 11.6 Å². The Hall–Kier alpha value is -1.29. The van der Waals surface area contributed by atoms with Crippen molar-refractivity contribution in [1.82, 2.24) is 0 Å². The second kappa shape index (κ2) is 9.38. The predicted octanol–water partition coefficient (Wildman–Crippen LogP) is 6.98. The molecule has 5 aliphatic carbocycles. The lowest BCUT2D eigenvalue weighted by Crippen LogP contribution is -2.66. The molecule has 0 aliphatic heterocycles. The van der Waals surface area contributed by atoms with Gasteiger partial charge in [0, 0.05) is 17.3 Å². The molecule has 4 saturated carbocycles. The molecule has 0 bridgehead atoms. The van der Waals surface area contributed by atoms with Gasteiger partial charge in [-0.05, 0) is 112 Å². The highest BCUT2D eigenvalue weighted by molar-refractivity contribution is 6.22. The first-order valence-corrected chi connectivity index (χ1v) is 15.6. The van der Waals surface area contributed by atoms with Crippen LogP contribution in [0.15, 0.2) is 11.1 Å². The Labute approximate surface area is 230 Å². The smallest absolute Gasteiger partial charge is 0.173 e. The normalized spacial score (nSPS) is 50.1. The van der Waals surface area contributed by atoms with Gasteiger partial charge in [0.25, 0.3) is 0 Å². The maximum absolute atomic E-state index is 14.7. The van der Waals surface area contributed by atoms with E-state index < -0.39 is 5.41 Å². The summed E-state index contributed by atoms with van der Waals surface area (Å²) in [6, 6.07) is 0. The van der Waals surface area contributed by atoms with Crippen LogP contribution in [0.5, 0.6) is 0 Å². The van der Waals surface area contributed by atoms with E-state index in [1.165, 1.54) is 26.2 Å². The van der Waals surface area contributed by atoms with E-state index in [1.54, 1.807) is 0 Å². The first-order chi connectivity index (χ1) is 17.7. The van der Waals surface area contributed by atoms with E-state index in [4.69, 9.17) is 0 Å². The van der Waals surface area contributed by atoms with Gasteiger partial charge in [-0.25, -0.2) is 0 Å². The van der Waals surface area contributed by atoms with Crippen LogP contribution in [0.4, 0.5) is 0 Å². The molecule has 12 atom stereocenters. The second-order valence-electron chi connectivity index (χ2n) is 15.5. The first-order valence-electron chi connectivity index (χ1n) is 15.6. The topological polar surface area (TPSA) is 71.4 Å². The molecule has 0 spiro atoms. The van der Waals surface area contributed by atoms with E-state index in [-0.39, 0.29) is 46.3 Å². The van der Waals surface area contributed by atoms with Crippen LogP contribution in [0.2, 0.25) is 0 Å². The molecule has 4 fully saturated rings. The van der Waals surface area contributed by atoms with E-state index in [1.807, 2.05) is 13.8 Å². The molecule has 5 rings (SSSR count). The third-order valence-electron chi connectivity index (χ3n) is 13.3. The molecule has 0 aromatic rings. The molecule has 0 heterocycles. The summed E-state index contributed by atoms with van der Waals surface area (Å²) in [5, 5.41) is 10.4. The van der Waals surface area contributed by atoms with E-state index in [2.05, 4.69) is 34.6 Å². The zero-order valence-electron chi connectivity index (χ0n) is 25.2. The van der Waals surface area contributed by atoms with Crippen LogP contribution in [0.1, 0.15) is 113 Å². The molecule has 0 radical (unpaired) electrons. The van der Waals surface area contributed by atoms with Crippen molar-refractivity contribution in [2.75, 3.05) is 0 Å². The summed E-state index contributed by atoms with van der Waals surface area (Å²) in [7, 11) is 0. The molecule has 0 aromatic heterocycles. The van der Waals surface area contributed by atoms with Gasteiger partial charge in [-0.2, -0.15) is 0 Å². The minimum atomic E-state index is -0.703. The average molecular weight is 525 g/mol. The monoisotopic (exact) mass is 524 g/mol. The van der Waals surface area contributed by atoms with Crippen LogP contribution in [0.3, 0.4) is 0 Å². The van der Waals surface area contributed by atoms with Gasteiger partial charge in [0.1, 0.15) is 5.78 Å². The zero-order valence-corrected chi connectivity index (χ0v) is 25.2. The molecule has 0 aromatic carbocycles. The Kier molecular flexibility index (Phi) is 6.98. The van der Waals surface area contributed by atoms with Crippen molar-refractivity contribution in [3.63, 3.8) is 0 Å². The maximum atomic E-state index is 14.7. The number of hydrogen-bond acceptors (Lipinski definition) is 4. The SMILES string of the molecule is CC(=O)C1=C(C)CC2(C)CC3(C)CC4C(C5CCCC(C(C)O)C5)CCC(C)C4C(=O)C3C(C)C2(C)C1=O.